The minimum Gasteiger partial charge on any atom is -0.352 e. The molecule has 11 heteroatoms. The number of aromatic nitrogens is 6. The lowest BCUT2D eigenvalue weighted by atomic mass is 10.0. The van der Waals surface area contributed by atoms with Crippen molar-refractivity contribution in [3.63, 3.8) is 0 Å². The van der Waals surface area contributed by atoms with E-state index in [1.54, 1.807) is 54.9 Å². The number of hydrogen-bond acceptors (Lipinski definition) is 7. The number of benzene rings is 2. The summed E-state index contributed by atoms with van der Waals surface area (Å²) in [5.41, 5.74) is 4.29. The smallest absolute Gasteiger partial charge is 0.255 e. The maximum Gasteiger partial charge on any atom is 0.255 e. The van der Waals surface area contributed by atoms with Gasteiger partial charge in [-0.05, 0) is 43.4 Å². The van der Waals surface area contributed by atoms with Gasteiger partial charge in [-0.25, -0.2) is 14.4 Å². The van der Waals surface area contributed by atoms with E-state index in [4.69, 9.17) is 4.98 Å². The lowest BCUT2D eigenvalue weighted by Gasteiger charge is -2.33. The minimum absolute atomic E-state index is 0.270. The number of amides is 1. The third-order valence-corrected chi connectivity index (χ3v) is 7.42. The Morgan fingerprint density at radius 3 is 2.66 bits per heavy atom. The summed E-state index contributed by atoms with van der Waals surface area (Å²) in [6.45, 7) is 3.60. The summed E-state index contributed by atoms with van der Waals surface area (Å²) in [4.78, 5) is 34.2. The van der Waals surface area contributed by atoms with Crippen LogP contribution in [0.2, 0.25) is 0 Å². The molecule has 5 heterocycles. The molecular formula is C30H26FN9O. The van der Waals surface area contributed by atoms with E-state index in [1.807, 2.05) is 12.1 Å². The van der Waals surface area contributed by atoms with E-state index in [0.717, 1.165) is 43.0 Å². The molecule has 41 heavy (non-hydrogen) atoms. The van der Waals surface area contributed by atoms with Gasteiger partial charge >= 0.3 is 0 Å². The van der Waals surface area contributed by atoms with Gasteiger partial charge in [-0.2, -0.15) is 5.10 Å². The first kappa shape index (κ1) is 24.9. The van der Waals surface area contributed by atoms with Crippen molar-refractivity contribution in [2.75, 3.05) is 43.4 Å². The van der Waals surface area contributed by atoms with E-state index in [-0.39, 0.29) is 5.91 Å². The number of fused-ring (bicyclic) bond motifs is 2. The van der Waals surface area contributed by atoms with Gasteiger partial charge in [-0.1, -0.05) is 18.2 Å². The van der Waals surface area contributed by atoms with Crippen LogP contribution < -0.4 is 10.2 Å². The molecule has 7 rings (SSSR count). The highest BCUT2D eigenvalue weighted by atomic mass is 19.1. The van der Waals surface area contributed by atoms with Crippen LogP contribution in [0.4, 0.5) is 15.9 Å². The molecule has 1 aliphatic rings. The SMILES string of the molecule is CN1CCN(c2nccc3[nH]c(-c4n[nH]c5ccc(-c6cncc(NC(=O)c7ccccc7)c6)c(F)c45)nc23)CC1. The van der Waals surface area contributed by atoms with Gasteiger partial charge in [0.1, 0.15) is 17.0 Å². The summed E-state index contributed by atoms with van der Waals surface area (Å²) < 4.78 is 16.2. The van der Waals surface area contributed by atoms with Crippen LogP contribution in [0.3, 0.4) is 0 Å². The first-order valence-corrected chi connectivity index (χ1v) is 13.3. The second-order valence-electron chi connectivity index (χ2n) is 10.1. The third kappa shape index (κ3) is 4.55. The van der Waals surface area contributed by atoms with E-state index in [2.05, 4.69) is 47.3 Å². The number of halogens is 1. The molecular weight excluding hydrogens is 521 g/mol. The van der Waals surface area contributed by atoms with Crippen molar-refractivity contribution in [1.29, 1.82) is 0 Å². The van der Waals surface area contributed by atoms with Crippen LogP contribution in [0, 0.1) is 5.82 Å². The highest BCUT2D eigenvalue weighted by Crippen LogP contribution is 2.35. The molecule has 4 aromatic heterocycles. The molecule has 0 bridgehead atoms. The number of anilines is 2. The zero-order chi connectivity index (χ0) is 27.9. The zero-order valence-corrected chi connectivity index (χ0v) is 22.2. The van der Waals surface area contributed by atoms with E-state index >= 15 is 4.39 Å². The predicted molar refractivity (Wildman–Crippen MR) is 156 cm³/mol. The molecule has 2 aromatic carbocycles. The number of aromatic amines is 2. The van der Waals surface area contributed by atoms with Crippen LogP contribution in [0.25, 0.3) is 44.6 Å². The van der Waals surface area contributed by atoms with Crippen molar-refractivity contribution in [1.82, 2.24) is 35.0 Å². The van der Waals surface area contributed by atoms with Gasteiger partial charge in [0, 0.05) is 55.3 Å². The Morgan fingerprint density at radius 2 is 1.83 bits per heavy atom. The molecule has 0 aliphatic carbocycles. The van der Waals surface area contributed by atoms with Crippen molar-refractivity contribution >= 4 is 39.3 Å². The quantitative estimate of drug-likeness (QED) is 0.286. The highest BCUT2D eigenvalue weighted by Gasteiger charge is 2.23. The average molecular weight is 548 g/mol. The van der Waals surface area contributed by atoms with Crippen LogP contribution in [0.15, 0.2) is 73.2 Å². The van der Waals surface area contributed by atoms with Gasteiger partial charge in [0.2, 0.25) is 0 Å². The van der Waals surface area contributed by atoms with Gasteiger partial charge in [0.25, 0.3) is 5.91 Å². The molecule has 0 saturated carbocycles. The highest BCUT2D eigenvalue weighted by molar-refractivity contribution is 6.04. The number of carbonyl (C=O) groups excluding carboxylic acids is 1. The average Bonchev–Trinajstić information content (AvgIpc) is 3.63. The summed E-state index contributed by atoms with van der Waals surface area (Å²) in [6.07, 6.45) is 4.86. The number of hydrogen-bond donors (Lipinski definition) is 3. The number of carbonyl (C=O) groups is 1. The van der Waals surface area contributed by atoms with Crippen LogP contribution in [0.5, 0.6) is 0 Å². The van der Waals surface area contributed by atoms with Crippen LogP contribution >= 0.6 is 0 Å². The molecule has 1 fully saturated rings. The topological polar surface area (TPSA) is 119 Å². The fraction of sp³-hybridized carbons (Fsp3) is 0.167. The molecule has 0 spiro atoms. The summed E-state index contributed by atoms with van der Waals surface area (Å²) in [7, 11) is 2.11. The van der Waals surface area contributed by atoms with E-state index < -0.39 is 5.82 Å². The lowest BCUT2D eigenvalue weighted by Crippen LogP contribution is -2.44. The van der Waals surface area contributed by atoms with Crippen LogP contribution in [-0.4, -0.2) is 74.2 Å². The molecule has 0 unspecified atom stereocenters. The summed E-state index contributed by atoms with van der Waals surface area (Å²) >= 11 is 0. The van der Waals surface area contributed by atoms with Crippen LogP contribution in [0.1, 0.15) is 10.4 Å². The fourth-order valence-corrected chi connectivity index (χ4v) is 5.20. The Hall–Kier alpha value is -5.16. The Labute approximate surface area is 234 Å². The standard InChI is InChI=1S/C30H26FN9O/c1-39-11-13-40(14-12-39)29-26-23(9-10-33-29)35-28(36-26)27-24-22(37-38-27)8-7-21(25(24)31)19-15-20(17-32-16-19)34-30(41)18-5-3-2-4-6-18/h2-10,15-17H,11-14H2,1H3,(H,34,41)(H,35,36)(H,37,38). The number of likely N-dealkylation sites (N-methyl/N-ethyl adjacent to an activating group) is 1. The Kier molecular flexibility index (Phi) is 6.12. The number of H-pyrrole nitrogens is 2. The van der Waals surface area contributed by atoms with E-state index in [1.165, 1.54) is 6.20 Å². The van der Waals surface area contributed by atoms with E-state index in [0.29, 0.717) is 44.8 Å². The molecule has 0 atom stereocenters. The molecule has 1 aliphatic heterocycles. The van der Waals surface area contributed by atoms with Gasteiger partial charge in [0.15, 0.2) is 11.6 Å². The number of imidazole rings is 1. The fourth-order valence-electron chi connectivity index (χ4n) is 5.20. The third-order valence-electron chi connectivity index (χ3n) is 7.42. The molecule has 204 valence electrons. The molecule has 6 aromatic rings. The number of pyridine rings is 2. The largest absolute Gasteiger partial charge is 0.352 e. The number of piperazine rings is 1. The minimum atomic E-state index is -0.461. The van der Waals surface area contributed by atoms with Crippen molar-refractivity contribution in [3.05, 3.63) is 84.6 Å². The summed E-state index contributed by atoms with van der Waals surface area (Å²) in [6, 6.07) is 15.9. The van der Waals surface area contributed by atoms with Gasteiger partial charge in [0.05, 0.1) is 28.3 Å². The van der Waals surface area contributed by atoms with Crippen molar-refractivity contribution in [3.8, 4) is 22.6 Å². The number of nitrogens with one attached hydrogen (secondary N) is 3. The molecule has 1 amide bonds. The van der Waals surface area contributed by atoms with Crippen molar-refractivity contribution < 1.29 is 9.18 Å². The zero-order valence-electron chi connectivity index (χ0n) is 22.2. The monoisotopic (exact) mass is 547 g/mol. The van der Waals surface area contributed by atoms with Gasteiger partial charge in [-0.15, -0.1) is 0 Å². The first-order chi connectivity index (χ1) is 20.0. The number of rotatable bonds is 5. The maximum atomic E-state index is 16.2. The van der Waals surface area contributed by atoms with Crippen molar-refractivity contribution in [2.24, 2.45) is 0 Å². The molecule has 0 radical (unpaired) electrons. The molecule has 1 saturated heterocycles. The normalized spacial score (nSPS) is 14.1. The Morgan fingerprint density at radius 1 is 1.00 bits per heavy atom. The molecule has 10 nitrogen and oxygen atoms in total. The van der Waals surface area contributed by atoms with Gasteiger partial charge < -0.3 is 20.1 Å². The Balaban J connectivity index is 1.25. The van der Waals surface area contributed by atoms with Gasteiger partial charge in [-0.3, -0.25) is 14.9 Å². The predicted octanol–water partition coefficient (Wildman–Crippen LogP) is 4.71. The van der Waals surface area contributed by atoms with E-state index in [9.17, 15) is 4.79 Å². The van der Waals surface area contributed by atoms with Crippen molar-refractivity contribution in [2.45, 2.75) is 0 Å². The lowest BCUT2D eigenvalue weighted by molar-refractivity contribution is 0.102. The summed E-state index contributed by atoms with van der Waals surface area (Å²) in [5, 5.41) is 10.5. The second-order valence-corrected chi connectivity index (χ2v) is 10.1. The summed E-state index contributed by atoms with van der Waals surface area (Å²) in [5.74, 6) is 0.526. The Bertz CT molecular complexity index is 1890. The second kappa shape index (κ2) is 10.1. The maximum absolute atomic E-state index is 16.2. The first-order valence-electron chi connectivity index (χ1n) is 13.3. The number of nitrogens with zero attached hydrogens (tertiary/aromatic N) is 6. The molecule has 3 N–H and O–H groups in total. The van der Waals surface area contributed by atoms with Crippen LogP contribution in [-0.2, 0) is 0 Å².